The molecule has 1 aromatic carbocycles. The number of phenolic OH excluding ortho intramolecular Hbond substituents is 1. The van der Waals surface area contributed by atoms with Crippen LogP contribution >= 0.6 is 0 Å². The van der Waals surface area contributed by atoms with Gasteiger partial charge in [-0.3, -0.25) is 24.0 Å². The van der Waals surface area contributed by atoms with E-state index in [1.54, 1.807) is 0 Å². The quantitative estimate of drug-likeness (QED) is 0.572. The molecule has 2 unspecified atom stereocenters. The number of amides is 1. The molecule has 1 aromatic rings. The Kier molecular flexibility index (Phi) is 5.04. The van der Waals surface area contributed by atoms with E-state index in [1.165, 1.54) is 12.5 Å². The monoisotopic (exact) mass is 453 g/mol. The van der Waals surface area contributed by atoms with Gasteiger partial charge in [-0.25, -0.2) is 0 Å². The Morgan fingerprint density at radius 2 is 1.70 bits per heavy atom. The standard InChI is InChI=1S/C25H27NO7/c26-24(32)20-17(28)10-13-8-12-9-15-14(11-4-2-1-3-5-11)6-7-16(27)19(15)21(29)18(12)22(30)25(13,33)23(20)31/h6-7,11-13,18,20,27,33H,1-5,8-10H2,(H2,26,32)/t12-,13+,18?,20?,25+/m1/s1. The molecule has 0 spiro atoms. The van der Waals surface area contributed by atoms with E-state index < -0.39 is 58.3 Å². The number of aliphatic hydroxyl groups is 1. The lowest BCUT2D eigenvalue weighted by molar-refractivity contribution is -0.175. The molecule has 3 saturated carbocycles. The fourth-order valence-electron chi connectivity index (χ4n) is 6.79. The second kappa shape index (κ2) is 7.58. The van der Waals surface area contributed by atoms with Crippen LogP contribution in [0.2, 0.25) is 0 Å². The normalized spacial score (nSPS) is 34.5. The molecule has 0 saturated heterocycles. The Morgan fingerprint density at radius 1 is 1.00 bits per heavy atom. The molecule has 3 fully saturated rings. The van der Waals surface area contributed by atoms with Crippen molar-refractivity contribution in [1.29, 1.82) is 0 Å². The number of hydrogen-bond acceptors (Lipinski definition) is 7. The molecule has 5 rings (SSSR count). The highest BCUT2D eigenvalue weighted by Crippen LogP contribution is 2.51. The second-order valence-corrected chi connectivity index (χ2v) is 10.1. The van der Waals surface area contributed by atoms with Gasteiger partial charge in [0.15, 0.2) is 34.7 Å². The summed E-state index contributed by atoms with van der Waals surface area (Å²) in [6.45, 7) is 0. The number of carbonyl (C=O) groups is 5. The van der Waals surface area contributed by atoms with Crippen molar-refractivity contribution in [1.82, 2.24) is 0 Å². The van der Waals surface area contributed by atoms with Crippen molar-refractivity contribution in [3.05, 3.63) is 28.8 Å². The maximum absolute atomic E-state index is 13.6. The van der Waals surface area contributed by atoms with Crippen LogP contribution in [0.3, 0.4) is 0 Å². The number of primary amides is 1. The first-order valence-electron chi connectivity index (χ1n) is 11.7. The fourth-order valence-corrected chi connectivity index (χ4v) is 6.79. The van der Waals surface area contributed by atoms with E-state index in [4.69, 9.17) is 5.73 Å². The minimum atomic E-state index is -2.60. The number of phenols is 1. The minimum absolute atomic E-state index is 0.0977. The second-order valence-electron chi connectivity index (χ2n) is 10.1. The number of fused-ring (bicyclic) bond motifs is 3. The molecule has 0 radical (unpaired) electrons. The SMILES string of the molecule is NC(=O)C1C(=O)C[C@@H]2C[C@@H]3Cc4c(C5CCCCC5)ccc(O)c4C(=O)C3C(=O)[C@]2(O)C1=O. The molecule has 33 heavy (non-hydrogen) atoms. The van der Waals surface area contributed by atoms with Crippen molar-refractivity contribution < 1.29 is 34.2 Å². The Balaban J connectivity index is 1.57. The van der Waals surface area contributed by atoms with E-state index in [9.17, 15) is 34.2 Å². The summed E-state index contributed by atoms with van der Waals surface area (Å²) in [7, 11) is 0. The van der Waals surface area contributed by atoms with Crippen molar-refractivity contribution in [2.75, 3.05) is 0 Å². The molecule has 174 valence electrons. The summed E-state index contributed by atoms with van der Waals surface area (Å²) in [4.78, 5) is 64.1. The van der Waals surface area contributed by atoms with Gasteiger partial charge in [-0.1, -0.05) is 25.3 Å². The Bertz CT molecular complexity index is 1100. The summed E-state index contributed by atoms with van der Waals surface area (Å²) >= 11 is 0. The average Bonchev–Trinajstić information content (AvgIpc) is 2.76. The van der Waals surface area contributed by atoms with E-state index in [-0.39, 0.29) is 30.1 Å². The molecule has 0 aliphatic heterocycles. The van der Waals surface area contributed by atoms with Gasteiger partial charge in [0.1, 0.15) is 5.75 Å². The third-order valence-electron chi connectivity index (χ3n) is 8.37. The molecule has 4 N–H and O–H groups in total. The molecule has 4 aliphatic carbocycles. The molecule has 1 amide bonds. The average molecular weight is 453 g/mol. The summed E-state index contributed by atoms with van der Waals surface area (Å²) in [6, 6.07) is 3.35. The summed E-state index contributed by atoms with van der Waals surface area (Å²) in [5.41, 5.74) is 4.47. The van der Waals surface area contributed by atoms with Gasteiger partial charge in [0.2, 0.25) is 5.91 Å². The van der Waals surface area contributed by atoms with E-state index >= 15 is 0 Å². The largest absolute Gasteiger partial charge is 0.507 e. The molecule has 8 nitrogen and oxygen atoms in total. The van der Waals surface area contributed by atoms with Gasteiger partial charge in [0, 0.05) is 12.3 Å². The first-order chi connectivity index (χ1) is 15.7. The predicted octanol–water partition coefficient (Wildman–Crippen LogP) is 1.37. The third kappa shape index (κ3) is 3.03. The lowest BCUT2D eigenvalue weighted by atomic mass is 9.53. The maximum atomic E-state index is 13.6. The summed E-state index contributed by atoms with van der Waals surface area (Å²) in [6.07, 6.45) is 5.52. The van der Waals surface area contributed by atoms with Crippen LogP contribution in [0, 0.1) is 23.7 Å². The van der Waals surface area contributed by atoms with Crippen molar-refractivity contribution in [2.24, 2.45) is 29.4 Å². The van der Waals surface area contributed by atoms with Crippen LogP contribution in [0.1, 0.15) is 72.3 Å². The number of hydrogen-bond donors (Lipinski definition) is 3. The van der Waals surface area contributed by atoms with Crippen LogP contribution in [0.4, 0.5) is 0 Å². The topological polar surface area (TPSA) is 152 Å². The van der Waals surface area contributed by atoms with Crippen molar-refractivity contribution in [3.63, 3.8) is 0 Å². The molecule has 0 aromatic heterocycles. The van der Waals surface area contributed by atoms with Gasteiger partial charge in [0.05, 0.1) is 11.5 Å². The Labute approximate surface area is 190 Å². The van der Waals surface area contributed by atoms with Gasteiger partial charge >= 0.3 is 0 Å². The first-order valence-corrected chi connectivity index (χ1v) is 11.7. The zero-order valence-electron chi connectivity index (χ0n) is 18.2. The number of carbonyl (C=O) groups excluding carboxylic acids is 5. The van der Waals surface area contributed by atoms with Gasteiger partial charge in [0.25, 0.3) is 0 Å². The lowest BCUT2D eigenvalue weighted by Crippen LogP contribution is -2.68. The molecular formula is C25H27NO7. The number of ketones is 4. The van der Waals surface area contributed by atoms with Crippen LogP contribution in [-0.2, 0) is 25.6 Å². The predicted molar refractivity (Wildman–Crippen MR) is 114 cm³/mol. The van der Waals surface area contributed by atoms with Gasteiger partial charge in [-0.2, -0.15) is 0 Å². The van der Waals surface area contributed by atoms with E-state index in [2.05, 4.69) is 0 Å². The van der Waals surface area contributed by atoms with Crippen LogP contribution in [0.5, 0.6) is 5.75 Å². The van der Waals surface area contributed by atoms with Gasteiger partial charge in [-0.15, -0.1) is 0 Å². The number of rotatable bonds is 2. The van der Waals surface area contributed by atoms with E-state index in [0.717, 1.165) is 36.8 Å². The maximum Gasteiger partial charge on any atom is 0.235 e. The summed E-state index contributed by atoms with van der Waals surface area (Å²) in [5.74, 6) is -9.32. The lowest BCUT2D eigenvalue weighted by Gasteiger charge is -2.48. The highest BCUT2D eigenvalue weighted by Gasteiger charge is 2.66. The molecule has 4 aliphatic rings. The Morgan fingerprint density at radius 3 is 2.36 bits per heavy atom. The summed E-state index contributed by atoms with van der Waals surface area (Å²) in [5, 5.41) is 21.8. The molecule has 0 bridgehead atoms. The van der Waals surface area contributed by atoms with E-state index in [0.29, 0.717) is 6.42 Å². The van der Waals surface area contributed by atoms with Gasteiger partial charge in [-0.05, 0) is 54.7 Å². The van der Waals surface area contributed by atoms with E-state index in [1.807, 2.05) is 6.07 Å². The minimum Gasteiger partial charge on any atom is -0.507 e. The molecule has 8 heteroatoms. The first kappa shape index (κ1) is 21.9. The van der Waals surface area contributed by atoms with Crippen LogP contribution < -0.4 is 5.73 Å². The molecular weight excluding hydrogens is 426 g/mol. The fraction of sp³-hybridized carbons (Fsp3) is 0.560. The van der Waals surface area contributed by atoms with Crippen molar-refractivity contribution in [2.45, 2.75) is 62.9 Å². The van der Waals surface area contributed by atoms with Crippen LogP contribution in [0.25, 0.3) is 0 Å². The zero-order chi connectivity index (χ0) is 23.7. The van der Waals surface area contributed by atoms with Crippen LogP contribution in [-0.4, -0.2) is 44.9 Å². The number of aromatic hydroxyl groups is 1. The summed E-state index contributed by atoms with van der Waals surface area (Å²) < 4.78 is 0. The zero-order valence-corrected chi connectivity index (χ0v) is 18.2. The highest BCUT2D eigenvalue weighted by molar-refractivity contribution is 6.31. The number of benzene rings is 1. The molecule has 0 heterocycles. The van der Waals surface area contributed by atoms with Crippen molar-refractivity contribution >= 4 is 29.0 Å². The number of nitrogens with two attached hydrogens (primary N) is 1. The van der Waals surface area contributed by atoms with Crippen molar-refractivity contribution in [3.8, 4) is 5.75 Å². The van der Waals surface area contributed by atoms with Gasteiger partial charge < -0.3 is 15.9 Å². The number of Topliss-reactive ketones (excluding diaryl/α,β-unsaturated/α-hetero) is 4. The van der Waals surface area contributed by atoms with Crippen LogP contribution in [0.15, 0.2) is 12.1 Å². The molecule has 5 atom stereocenters. The Hall–Kier alpha value is -2.87. The third-order valence-corrected chi connectivity index (χ3v) is 8.37. The highest BCUT2D eigenvalue weighted by atomic mass is 16.3. The smallest absolute Gasteiger partial charge is 0.235 e.